The van der Waals surface area contributed by atoms with Crippen LogP contribution in [0, 0.1) is 5.41 Å². The molecule has 0 amide bonds. The van der Waals surface area contributed by atoms with E-state index in [9.17, 15) is 9.90 Å². The van der Waals surface area contributed by atoms with Gasteiger partial charge in [0.05, 0.1) is 11.5 Å². The third-order valence-electron chi connectivity index (χ3n) is 4.17. The zero-order valence-corrected chi connectivity index (χ0v) is 9.58. The Morgan fingerprint density at radius 2 is 2.27 bits per heavy atom. The van der Waals surface area contributed by atoms with Crippen molar-refractivity contribution >= 4 is 5.78 Å². The molecule has 3 heteroatoms. The molecule has 1 aliphatic heterocycles. The van der Waals surface area contributed by atoms with Crippen LogP contribution in [0.2, 0.25) is 0 Å². The molecule has 1 N–H and O–H groups in total. The molecule has 0 spiro atoms. The Kier molecular flexibility index (Phi) is 2.63. The first-order valence-corrected chi connectivity index (χ1v) is 5.94. The molecule has 1 aliphatic carbocycles. The summed E-state index contributed by atoms with van der Waals surface area (Å²) < 4.78 is 5.74. The number of carbonyl (C=O) groups is 1. The highest BCUT2D eigenvalue weighted by molar-refractivity contribution is 5.86. The van der Waals surface area contributed by atoms with Crippen molar-refractivity contribution in [2.75, 3.05) is 0 Å². The first kappa shape index (κ1) is 11.1. The topological polar surface area (TPSA) is 46.5 Å². The molecule has 3 nitrogen and oxygen atoms in total. The van der Waals surface area contributed by atoms with Crippen molar-refractivity contribution < 1.29 is 14.6 Å². The van der Waals surface area contributed by atoms with Crippen molar-refractivity contribution in [2.45, 2.75) is 64.3 Å². The number of hydrogen-bond acceptors (Lipinski definition) is 3. The maximum atomic E-state index is 11.9. The summed E-state index contributed by atoms with van der Waals surface area (Å²) in [6.45, 7) is 3.92. The molecule has 0 bridgehead atoms. The van der Waals surface area contributed by atoms with Crippen LogP contribution in [0.15, 0.2) is 0 Å². The largest absolute Gasteiger partial charge is 0.365 e. The van der Waals surface area contributed by atoms with Gasteiger partial charge in [0.25, 0.3) is 0 Å². The number of ketones is 1. The average Bonchev–Trinajstić information content (AvgIpc) is 2.22. The molecular weight excluding hydrogens is 192 g/mol. The van der Waals surface area contributed by atoms with Gasteiger partial charge in [0.1, 0.15) is 5.78 Å². The zero-order valence-electron chi connectivity index (χ0n) is 9.58. The van der Waals surface area contributed by atoms with Crippen molar-refractivity contribution in [1.29, 1.82) is 0 Å². The van der Waals surface area contributed by atoms with Crippen molar-refractivity contribution in [1.82, 2.24) is 0 Å². The van der Waals surface area contributed by atoms with E-state index >= 15 is 0 Å². The standard InChI is InChI=1S/C12H20O3/c1-3-12(14)8-7-11(2)9(13)5-4-6-10(11)15-12/h10,14H,3-8H2,1-2H3/t10-,11+,12?/m0/s1. The smallest absolute Gasteiger partial charge is 0.165 e. The van der Waals surface area contributed by atoms with Crippen LogP contribution >= 0.6 is 0 Å². The Labute approximate surface area is 90.8 Å². The van der Waals surface area contributed by atoms with E-state index in [-0.39, 0.29) is 11.5 Å². The number of fused-ring (bicyclic) bond motifs is 1. The minimum atomic E-state index is -0.984. The summed E-state index contributed by atoms with van der Waals surface area (Å²) in [5.74, 6) is -0.668. The maximum Gasteiger partial charge on any atom is 0.165 e. The fourth-order valence-electron chi connectivity index (χ4n) is 2.76. The Balaban J connectivity index is 2.18. The van der Waals surface area contributed by atoms with E-state index in [2.05, 4.69) is 0 Å². The first-order chi connectivity index (χ1) is 7.00. The number of Topliss-reactive ketones (excluding diaryl/α,β-unsaturated/α-hetero) is 1. The van der Waals surface area contributed by atoms with Crippen LogP contribution in [-0.2, 0) is 9.53 Å². The van der Waals surface area contributed by atoms with E-state index in [4.69, 9.17) is 4.74 Å². The van der Waals surface area contributed by atoms with E-state index < -0.39 is 5.79 Å². The van der Waals surface area contributed by atoms with Gasteiger partial charge in [0.15, 0.2) is 5.79 Å². The van der Waals surface area contributed by atoms with Gasteiger partial charge in [-0.3, -0.25) is 4.79 Å². The summed E-state index contributed by atoms with van der Waals surface area (Å²) in [6.07, 6.45) is 4.37. The van der Waals surface area contributed by atoms with E-state index in [1.807, 2.05) is 13.8 Å². The minimum absolute atomic E-state index is 0.0718. The van der Waals surface area contributed by atoms with Gasteiger partial charge in [-0.2, -0.15) is 0 Å². The third kappa shape index (κ3) is 1.72. The summed E-state index contributed by atoms with van der Waals surface area (Å²) in [5.41, 5.74) is -0.334. The van der Waals surface area contributed by atoms with Crippen LogP contribution in [0.5, 0.6) is 0 Å². The highest BCUT2D eigenvalue weighted by atomic mass is 16.6. The van der Waals surface area contributed by atoms with Crippen LogP contribution in [-0.4, -0.2) is 22.8 Å². The molecule has 0 radical (unpaired) electrons. The Morgan fingerprint density at radius 3 is 2.93 bits per heavy atom. The van der Waals surface area contributed by atoms with Crippen molar-refractivity contribution in [3.8, 4) is 0 Å². The Bertz CT molecular complexity index is 276. The van der Waals surface area contributed by atoms with Crippen LogP contribution in [0.3, 0.4) is 0 Å². The van der Waals surface area contributed by atoms with Gasteiger partial charge in [-0.1, -0.05) is 13.8 Å². The summed E-state index contributed by atoms with van der Waals surface area (Å²) in [4.78, 5) is 11.9. The van der Waals surface area contributed by atoms with E-state index in [0.717, 1.165) is 19.3 Å². The van der Waals surface area contributed by atoms with Gasteiger partial charge >= 0.3 is 0 Å². The lowest BCUT2D eigenvalue weighted by Crippen LogP contribution is -2.54. The van der Waals surface area contributed by atoms with Crippen molar-refractivity contribution in [2.24, 2.45) is 5.41 Å². The van der Waals surface area contributed by atoms with E-state index in [1.54, 1.807) is 0 Å². The summed E-state index contributed by atoms with van der Waals surface area (Å²) in [5, 5.41) is 10.1. The quantitative estimate of drug-likeness (QED) is 0.723. The van der Waals surface area contributed by atoms with Crippen LogP contribution in [0.4, 0.5) is 0 Å². The highest BCUT2D eigenvalue weighted by Gasteiger charge is 2.51. The molecule has 2 rings (SSSR count). The molecule has 3 atom stereocenters. The van der Waals surface area contributed by atoms with Gasteiger partial charge in [0, 0.05) is 12.8 Å². The number of carbonyl (C=O) groups excluding carboxylic acids is 1. The molecule has 1 saturated carbocycles. The molecule has 0 aromatic heterocycles. The molecule has 1 unspecified atom stereocenters. The van der Waals surface area contributed by atoms with Crippen molar-refractivity contribution in [3.05, 3.63) is 0 Å². The highest BCUT2D eigenvalue weighted by Crippen LogP contribution is 2.46. The van der Waals surface area contributed by atoms with Gasteiger partial charge in [-0.25, -0.2) is 0 Å². The summed E-state index contributed by atoms with van der Waals surface area (Å²) in [7, 11) is 0. The predicted molar refractivity (Wildman–Crippen MR) is 56.3 cm³/mol. The SMILES string of the molecule is CCC1(O)CC[C@]2(C)C(=O)CCC[C@@H]2O1. The summed E-state index contributed by atoms with van der Waals surface area (Å²) >= 11 is 0. The number of ether oxygens (including phenoxy) is 1. The molecular formula is C12H20O3. The van der Waals surface area contributed by atoms with E-state index in [0.29, 0.717) is 25.0 Å². The van der Waals surface area contributed by atoms with Crippen LogP contribution in [0.25, 0.3) is 0 Å². The molecule has 0 aromatic carbocycles. The zero-order chi connectivity index (χ0) is 11.1. The lowest BCUT2D eigenvalue weighted by Gasteiger charge is -2.49. The average molecular weight is 212 g/mol. The second-order valence-electron chi connectivity index (χ2n) is 5.14. The maximum absolute atomic E-state index is 11.9. The fraction of sp³-hybridized carbons (Fsp3) is 0.917. The van der Waals surface area contributed by atoms with E-state index in [1.165, 1.54) is 0 Å². The Morgan fingerprint density at radius 1 is 1.53 bits per heavy atom. The lowest BCUT2D eigenvalue weighted by atomic mass is 9.67. The normalized spacial score (nSPS) is 46.3. The molecule has 2 fully saturated rings. The number of rotatable bonds is 1. The van der Waals surface area contributed by atoms with Gasteiger partial charge in [-0.05, 0) is 25.7 Å². The first-order valence-electron chi connectivity index (χ1n) is 5.94. The molecule has 15 heavy (non-hydrogen) atoms. The third-order valence-corrected chi connectivity index (χ3v) is 4.17. The monoisotopic (exact) mass is 212 g/mol. The van der Waals surface area contributed by atoms with Crippen molar-refractivity contribution in [3.63, 3.8) is 0 Å². The number of hydrogen-bond donors (Lipinski definition) is 1. The van der Waals surface area contributed by atoms with Gasteiger partial charge in [-0.15, -0.1) is 0 Å². The molecule has 0 aromatic rings. The molecule has 1 heterocycles. The number of aliphatic hydroxyl groups is 1. The lowest BCUT2D eigenvalue weighted by molar-refractivity contribution is -0.284. The predicted octanol–water partition coefficient (Wildman–Crippen LogP) is 2.02. The van der Waals surface area contributed by atoms with Crippen LogP contribution in [0.1, 0.15) is 52.4 Å². The van der Waals surface area contributed by atoms with Crippen LogP contribution < -0.4 is 0 Å². The summed E-state index contributed by atoms with van der Waals surface area (Å²) in [6, 6.07) is 0. The Hall–Kier alpha value is -0.410. The second-order valence-corrected chi connectivity index (χ2v) is 5.14. The fourth-order valence-corrected chi connectivity index (χ4v) is 2.76. The minimum Gasteiger partial charge on any atom is -0.365 e. The van der Waals surface area contributed by atoms with Gasteiger partial charge < -0.3 is 9.84 Å². The van der Waals surface area contributed by atoms with Gasteiger partial charge in [0.2, 0.25) is 0 Å². The molecule has 1 saturated heterocycles. The second kappa shape index (κ2) is 3.56. The molecule has 2 aliphatic rings. The molecule has 86 valence electrons.